The average molecular weight is 296 g/mol. The molecule has 0 aliphatic heterocycles. The van der Waals surface area contributed by atoms with E-state index in [4.69, 9.17) is 0 Å². The van der Waals surface area contributed by atoms with Crippen molar-refractivity contribution in [1.29, 1.82) is 0 Å². The summed E-state index contributed by atoms with van der Waals surface area (Å²) in [6.45, 7) is 0. The minimum absolute atomic E-state index is 0.144. The lowest BCUT2D eigenvalue weighted by atomic mass is 9.86. The van der Waals surface area contributed by atoms with Crippen molar-refractivity contribution in [1.82, 2.24) is 14.8 Å². The molecule has 5 nitrogen and oxygen atoms in total. The molecule has 3 atom stereocenters. The number of fused-ring (bicyclic) bond motifs is 2. The van der Waals surface area contributed by atoms with Gasteiger partial charge in [-0.05, 0) is 61.3 Å². The van der Waals surface area contributed by atoms with Gasteiger partial charge in [0.25, 0.3) is 0 Å². The molecule has 2 bridgehead atoms. The maximum Gasteiger partial charge on any atom is 0.224 e. The van der Waals surface area contributed by atoms with Gasteiger partial charge in [-0.2, -0.15) is 5.10 Å². The molecule has 0 spiro atoms. The summed E-state index contributed by atoms with van der Waals surface area (Å²) in [6.07, 6.45) is 9.15. The minimum atomic E-state index is 0.144. The minimum Gasteiger partial charge on any atom is -0.326 e. The van der Waals surface area contributed by atoms with Crippen LogP contribution in [0.2, 0.25) is 0 Å². The molecule has 22 heavy (non-hydrogen) atoms. The summed E-state index contributed by atoms with van der Waals surface area (Å²) in [5.41, 5.74) is 1.78. The van der Waals surface area contributed by atoms with Gasteiger partial charge in [-0.3, -0.25) is 4.79 Å². The number of anilines is 1. The van der Waals surface area contributed by atoms with Crippen LogP contribution in [0, 0.1) is 17.8 Å². The number of carbonyl (C=O) groups is 1. The van der Waals surface area contributed by atoms with Crippen LogP contribution in [-0.2, 0) is 4.79 Å². The highest BCUT2D eigenvalue weighted by Crippen LogP contribution is 2.49. The molecule has 5 heteroatoms. The number of hydrogen-bond donors (Lipinski definition) is 1. The second-order valence-electron chi connectivity index (χ2n) is 6.57. The van der Waals surface area contributed by atoms with Crippen LogP contribution in [0.25, 0.3) is 5.69 Å². The van der Waals surface area contributed by atoms with E-state index in [0.29, 0.717) is 12.3 Å². The van der Waals surface area contributed by atoms with Crippen molar-refractivity contribution in [3.63, 3.8) is 0 Å². The maximum atomic E-state index is 12.2. The first-order valence-corrected chi connectivity index (χ1v) is 8.03. The summed E-state index contributed by atoms with van der Waals surface area (Å²) in [7, 11) is 0. The van der Waals surface area contributed by atoms with Crippen molar-refractivity contribution in [3.8, 4) is 5.69 Å². The number of benzene rings is 1. The van der Waals surface area contributed by atoms with E-state index in [1.54, 1.807) is 11.0 Å². The number of hydrogen-bond acceptors (Lipinski definition) is 3. The molecule has 1 aromatic heterocycles. The first-order valence-electron chi connectivity index (χ1n) is 8.03. The fourth-order valence-electron chi connectivity index (χ4n) is 4.12. The Morgan fingerprint density at radius 3 is 2.73 bits per heavy atom. The van der Waals surface area contributed by atoms with Crippen LogP contribution in [0.1, 0.15) is 32.1 Å². The van der Waals surface area contributed by atoms with Gasteiger partial charge in [0.1, 0.15) is 12.7 Å². The van der Waals surface area contributed by atoms with Crippen LogP contribution >= 0.6 is 0 Å². The lowest BCUT2D eigenvalue weighted by molar-refractivity contribution is -0.117. The molecule has 1 amide bonds. The molecule has 2 aliphatic rings. The van der Waals surface area contributed by atoms with Crippen LogP contribution in [0.4, 0.5) is 5.69 Å². The van der Waals surface area contributed by atoms with Gasteiger partial charge in [0.2, 0.25) is 5.91 Å². The number of nitrogens with zero attached hydrogens (tertiary/aromatic N) is 3. The largest absolute Gasteiger partial charge is 0.326 e. The van der Waals surface area contributed by atoms with E-state index < -0.39 is 0 Å². The van der Waals surface area contributed by atoms with Gasteiger partial charge in [0.05, 0.1) is 5.69 Å². The molecular formula is C17H20N4O. The summed E-state index contributed by atoms with van der Waals surface area (Å²) in [5.74, 6) is 2.44. The summed E-state index contributed by atoms with van der Waals surface area (Å²) in [4.78, 5) is 16.1. The Bertz CT molecular complexity index is 650. The molecule has 3 unspecified atom stereocenters. The predicted octanol–water partition coefficient (Wildman–Crippen LogP) is 3.03. The van der Waals surface area contributed by atoms with E-state index in [-0.39, 0.29) is 5.91 Å². The number of nitrogens with one attached hydrogen (secondary N) is 1. The van der Waals surface area contributed by atoms with Gasteiger partial charge in [-0.25, -0.2) is 9.67 Å². The highest BCUT2D eigenvalue weighted by molar-refractivity contribution is 5.91. The van der Waals surface area contributed by atoms with E-state index in [0.717, 1.165) is 23.2 Å². The Morgan fingerprint density at radius 2 is 2.09 bits per heavy atom. The fraction of sp³-hybridized carbons (Fsp3) is 0.471. The van der Waals surface area contributed by atoms with E-state index in [1.165, 1.54) is 32.0 Å². The van der Waals surface area contributed by atoms with Crippen molar-refractivity contribution in [3.05, 3.63) is 36.9 Å². The number of aromatic nitrogens is 3. The highest BCUT2D eigenvalue weighted by atomic mass is 16.1. The van der Waals surface area contributed by atoms with Gasteiger partial charge in [0, 0.05) is 12.1 Å². The zero-order valence-electron chi connectivity index (χ0n) is 12.5. The monoisotopic (exact) mass is 296 g/mol. The smallest absolute Gasteiger partial charge is 0.224 e. The van der Waals surface area contributed by atoms with Crippen LogP contribution in [0.3, 0.4) is 0 Å². The molecule has 1 N–H and O–H groups in total. The van der Waals surface area contributed by atoms with Crippen molar-refractivity contribution in [2.75, 3.05) is 5.32 Å². The molecule has 2 aliphatic carbocycles. The molecule has 0 radical (unpaired) electrons. The summed E-state index contributed by atoms with van der Waals surface area (Å²) in [6, 6.07) is 7.69. The van der Waals surface area contributed by atoms with Crippen molar-refractivity contribution >= 4 is 11.6 Å². The third-order valence-electron chi connectivity index (χ3n) is 5.17. The fourth-order valence-corrected chi connectivity index (χ4v) is 4.12. The quantitative estimate of drug-likeness (QED) is 0.943. The lowest BCUT2D eigenvalue weighted by Crippen LogP contribution is -2.20. The van der Waals surface area contributed by atoms with Gasteiger partial charge in [-0.1, -0.05) is 6.42 Å². The zero-order chi connectivity index (χ0) is 14.9. The molecule has 1 aromatic carbocycles. The average Bonchev–Trinajstić information content (AvgIpc) is 3.25. The van der Waals surface area contributed by atoms with E-state index in [9.17, 15) is 4.79 Å². The molecular weight excluding hydrogens is 276 g/mol. The van der Waals surface area contributed by atoms with E-state index >= 15 is 0 Å². The molecule has 0 saturated heterocycles. The van der Waals surface area contributed by atoms with E-state index in [1.807, 2.05) is 24.3 Å². The topological polar surface area (TPSA) is 59.8 Å². The van der Waals surface area contributed by atoms with Crippen molar-refractivity contribution < 1.29 is 4.79 Å². The van der Waals surface area contributed by atoms with E-state index in [2.05, 4.69) is 15.4 Å². The number of carbonyl (C=O) groups excluding carboxylic acids is 1. The second kappa shape index (κ2) is 5.55. The van der Waals surface area contributed by atoms with Crippen LogP contribution < -0.4 is 5.32 Å². The number of amides is 1. The maximum absolute atomic E-state index is 12.2. The van der Waals surface area contributed by atoms with Gasteiger partial charge in [0.15, 0.2) is 0 Å². The molecule has 114 valence electrons. The first kappa shape index (κ1) is 13.5. The summed E-state index contributed by atoms with van der Waals surface area (Å²) in [5, 5.41) is 7.10. The molecule has 2 aromatic rings. The predicted molar refractivity (Wildman–Crippen MR) is 83.5 cm³/mol. The van der Waals surface area contributed by atoms with Crippen LogP contribution in [0.15, 0.2) is 36.9 Å². The highest BCUT2D eigenvalue weighted by Gasteiger charge is 2.40. The third-order valence-corrected chi connectivity index (χ3v) is 5.17. The number of rotatable bonds is 4. The summed E-state index contributed by atoms with van der Waals surface area (Å²) >= 11 is 0. The lowest BCUT2D eigenvalue weighted by Gasteiger charge is -2.20. The zero-order valence-corrected chi connectivity index (χ0v) is 12.5. The van der Waals surface area contributed by atoms with Crippen LogP contribution in [-0.4, -0.2) is 20.7 Å². The molecule has 4 rings (SSSR count). The Kier molecular flexibility index (Phi) is 3.41. The molecule has 2 fully saturated rings. The van der Waals surface area contributed by atoms with Crippen LogP contribution in [0.5, 0.6) is 0 Å². The van der Waals surface area contributed by atoms with Gasteiger partial charge >= 0.3 is 0 Å². The standard InChI is InChI=1S/C17H20N4O/c22-17(9-14-8-12-1-2-13(14)7-12)20-15-3-5-16(6-4-15)21-11-18-10-19-21/h3-6,10-14H,1-2,7-9H2,(H,20,22). The van der Waals surface area contributed by atoms with Crippen molar-refractivity contribution in [2.45, 2.75) is 32.1 Å². The third kappa shape index (κ3) is 2.63. The van der Waals surface area contributed by atoms with Gasteiger partial charge < -0.3 is 5.32 Å². The van der Waals surface area contributed by atoms with Gasteiger partial charge in [-0.15, -0.1) is 0 Å². The molecule has 1 heterocycles. The Morgan fingerprint density at radius 1 is 1.23 bits per heavy atom. The summed E-state index contributed by atoms with van der Waals surface area (Å²) < 4.78 is 1.70. The first-order chi connectivity index (χ1) is 10.8. The normalized spacial score (nSPS) is 26.3. The molecule has 2 saturated carbocycles. The van der Waals surface area contributed by atoms with Crippen molar-refractivity contribution in [2.24, 2.45) is 17.8 Å². The Labute approximate surface area is 129 Å². The second-order valence-corrected chi connectivity index (χ2v) is 6.57. The SMILES string of the molecule is O=C(CC1CC2CCC1C2)Nc1ccc(-n2cncn2)cc1. The Balaban J connectivity index is 1.35. The Hall–Kier alpha value is -2.17.